The van der Waals surface area contributed by atoms with Crippen molar-refractivity contribution in [3.63, 3.8) is 0 Å². The minimum absolute atomic E-state index is 0.000505. The van der Waals surface area contributed by atoms with Crippen molar-refractivity contribution in [2.45, 2.75) is 19.4 Å². The van der Waals surface area contributed by atoms with Gasteiger partial charge in [-0.2, -0.15) is 0 Å². The Balaban J connectivity index is 2.62. The van der Waals surface area contributed by atoms with Gasteiger partial charge in [-0.3, -0.25) is 0 Å². The number of aromatic hydroxyl groups is 1. The summed E-state index contributed by atoms with van der Waals surface area (Å²) in [4.78, 5) is 11.5. The summed E-state index contributed by atoms with van der Waals surface area (Å²) < 4.78 is 0. The molecule has 1 aromatic rings. The van der Waals surface area contributed by atoms with Gasteiger partial charge in [0, 0.05) is 0 Å². The molecule has 0 spiro atoms. The molecular formula is C11H16N2O3. The van der Waals surface area contributed by atoms with Gasteiger partial charge in [0.15, 0.2) is 0 Å². The third-order valence-electron chi connectivity index (χ3n) is 2.00. The fourth-order valence-electron chi connectivity index (χ4n) is 1.08. The molecule has 0 saturated heterocycles. The Kier molecular flexibility index (Phi) is 3.73. The Morgan fingerprint density at radius 3 is 2.56 bits per heavy atom. The van der Waals surface area contributed by atoms with Crippen LogP contribution in [-0.2, 0) is 0 Å². The second kappa shape index (κ2) is 4.85. The maximum atomic E-state index is 11.5. The summed E-state index contributed by atoms with van der Waals surface area (Å²) in [7, 11) is 0. The first kappa shape index (κ1) is 12.3. The van der Waals surface area contributed by atoms with E-state index in [0.29, 0.717) is 5.69 Å². The number of aliphatic hydroxyl groups is 1. The molecule has 1 rings (SSSR count). The molecule has 2 amide bonds. The summed E-state index contributed by atoms with van der Waals surface area (Å²) in [6.45, 7) is 3.22. The van der Waals surface area contributed by atoms with Crippen molar-refractivity contribution in [1.29, 1.82) is 0 Å². The Hall–Kier alpha value is -1.75. The van der Waals surface area contributed by atoms with Gasteiger partial charge in [0.2, 0.25) is 0 Å². The first-order valence-electron chi connectivity index (χ1n) is 4.92. The number of phenolic OH excluding ortho intramolecular Hbond substituents is 1. The second-order valence-electron chi connectivity index (χ2n) is 4.14. The third-order valence-corrected chi connectivity index (χ3v) is 2.00. The van der Waals surface area contributed by atoms with Gasteiger partial charge >= 0.3 is 6.03 Å². The largest absolute Gasteiger partial charge is 0.506 e. The van der Waals surface area contributed by atoms with E-state index in [0.717, 1.165) is 0 Å². The Morgan fingerprint density at radius 2 is 2.00 bits per heavy atom. The molecule has 0 heterocycles. The van der Waals surface area contributed by atoms with E-state index in [9.17, 15) is 9.90 Å². The molecule has 0 fully saturated rings. The average molecular weight is 224 g/mol. The maximum Gasteiger partial charge on any atom is 0.319 e. The lowest BCUT2D eigenvalue weighted by molar-refractivity contribution is 0.187. The molecule has 0 bridgehead atoms. The van der Waals surface area contributed by atoms with E-state index < -0.39 is 11.6 Å². The highest BCUT2D eigenvalue weighted by molar-refractivity contribution is 5.91. The van der Waals surface area contributed by atoms with Crippen molar-refractivity contribution in [2.75, 3.05) is 11.9 Å². The lowest BCUT2D eigenvalue weighted by Crippen LogP contribution is -2.48. The van der Waals surface area contributed by atoms with Crippen LogP contribution in [0, 0.1) is 0 Å². The normalized spacial score (nSPS) is 10.9. The monoisotopic (exact) mass is 224 g/mol. The lowest BCUT2D eigenvalue weighted by atomic mass is 10.1. The molecule has 0 aliphatic carbocycles. The predicted octanol–water partition coefficient (Wildman–Crippen LogP) is 1.28. The van der Waals surface area contributed by atoms with Crippen LogP contribution >= 0.6 is 0 Å². The number of phenols is 1. The van der Waals surface area contributed by atoms with Crippen molar-refractivity contribution >= 4 is 11.7 Å². The molecule has 5 heteroatoms. The number of urea groups is 1. The Morgan fingerprint density at radius 1 is 1.38 bits per heavy atom. The van der Waals surface area contributed by atoms with Crippen LogP contribution in [0.4, 0.5) is 10.5 Å². The summed E-state index contributed by atoms with van der Waals surface area (Å²) in [6, 6.07) is 5.96. The van der Waals surface area contributed by atoms with Gasteiger partial charge in [-0.15, -0.1) is 0 Å². The molecule has 1 aromatic carbocycles. The van der Waals surface area contributed by atoms with Gasteiger partial charge < -0.3 is 20.8 Å². The Labute approximate surface area is 94.1 Å². The summed E-state index contributed by atoms with van der Waals surface area (Å²) in [5.41, 5.74) is -0.372. The first-order chi connectivity index (χ1) is 7.44. The van der Waals surface area contributed by atoms with Gasteiger partial charge in [-0.25, -0.2) is 4.79 Å². The minimum Gasteiger partial charge on any atom is -0.506 e. The van der Waals surface area contributed by atoms with Crippen LogP contribution in [0.15, 0.2) is 24.3 Å². The number of amides is 2. The number of para-hydroxylation sites is 2. The highest BCUT2D eigenvalue weighted by Crippen LogP contribution is 2.21. The summed E-state index contributed by atoms with van der Waals surface area (Å²) in [5.74, 6) is -0.000505. The molecule has 88 valence electrons. The van der Waals surface area contributed by atoms with Crippen molar-refractivity contribution in [3.05, 3.63) is 24.3 Å². The second-order valence-corrected chi connectivity index (χ2v) is 4.14. The fourth-order valence-corrected chi connectivity index (χ4v) is 1.08. The fraction of sp³-hybridized carbons (Fsp3) is 0.364. The lowest BCUT2D eigenvalue weighted by Gasteiger charge is -2.23. The molecule has 0 unspecified atom stereocenters. The first-order valence-corrected chi connectivity index (χ1v) is 4.92. The van der Waals surface area contributed by atoms with Gasteiger partial charge in [-0.05, 0) is 26.0 Å². The van der Waals surface area contributed by atoms with Crippen LogP contribution in [0.25, 0.3) is 0 Å². The van der Waals surface area contributed by atoms with Gasteiger partial charge in [0.05, 0.1) is 17.8 Å². The topological polar surface area (TPSA) is 81.6 Å². The number of hydrogen-bond acceptors (Lipinski definition) is 3. The average Bonchev–Trinajstić information content (AvgIpc) is 2.21. The summed E-state index contributed by atoms with van der Waals surface area (Å²) in [5, 5.41) is 23.5. The molecular weight excluding hydrogens is 208 g/mol. The minimum atomic E-state index is -0.700. The molecule has 0 atom stereocenters. The van der Waals surface area contributed by atoms with E-state index in [2.05, 4.69) is 10.6 Å². The van der Waals surface area contributed by atoms with E-state index in [4.69, 9.17) is 5.11 Å². The van der Waals surface area contributed by atoms with Crippen LogP contribution in [0.1, 0.15) is 13.8 Å². The van der Waals surface area contributed by atoms with Crippen LogP contribution < -0.4 is 10.6 Å². The number of carbonyl (C=O) groups is 1. The smallest absolute Gasteiger partial charge is 0.319 e. The number of nitrogens with one attached hydrogen (secondary N) is 2. The zero-order valence-corrected chi connectivity index (χ0v) is 9.32. The third kappa shape index (κ3) is 3.43. The number of hydrogen-bond donors (Lipinski definition) is 4. The molecule has 0 aliphatic rings. The summed E-state index contributed by atoms with van der Waals surface area (Å²) >= 11 is 0. The molecule has 5 nitrogen and oxygen atoms in total. The highest BCUT2D eigenvalue weighted by Gasteiger charge is 2.19. The van der Waals surface area contributed by atoms with Crippen molar-refractivity contribution in [2.24, 2.45) is 0 Å². The molecule has 0 radical (unpaired) electrons. The van der Waals surface area contributed by atoms with Crippen LogP contribution in [0.2, 0.25) is 0 Å². The van der Waals surface area contributed by atoms with Crippen molar-refractivity contribution < 1.29 is 15.0 Å². The van der Waals surface area contributed by atoms with E-state index in [1.165, 1.54) is 6.07 Å². The van der Waals surface area contributed by atoms with Crippen LogP contribution in [0.5, 0.6) is 5.75 Å². The number of rotatable bonds is 3. The van der Waals surface area contributed by atoms with Crippen LogP contribution in [0.3, 0.4) is 0 Å². The number of carbonyl (C=O) groups excluding carboxylic acids is 1. The summed E-state index contributed by atoms with van der Waals surface area (Å²) in [6.07, 6.45) is 0. The zero-order valence-electron chi connectivity index (χ0n) is 9.32. The maximum absolute atomic E-state index is 11.5. The Bertz CT molecular complexity index is 377. The molecule has 0 saturated carbocycles. The SMILES string of the molecule is CC(C)(CO)NC(=O)Nc1ccccc1O. The zero-order chi connectivity index (χ0) is 12.2. The molecule has 0 aliphatic heterocycles. The number of benzene rings is 1. The molecule has 4 N–H and O–H groups in total. The quantitative estimate of drug-likeness (QED) is 0.584. The number of aliphatic hydroxyl groups excluding tert-OH is 1. The van der Waals surface area contributed by atoms with E-state index in [1.807, 2.05) is 0 Å². The van der Waals surface area contributed by atoms with E-state index >= 15 is 0 Å². The van der Waals surface area contributed by atoms with Gasteiger partial charge in [0.1, 0.15) is 5.75 Å². The van der Waals surface area contributed by atoms with Crippen molar-refractivity contribution in [1.82, 2.24) is 5.32 Å². The molecule has 16 heavy (non-hydrogen) atoms. The molecule has 0 aromatic heterocycles. The van der Waals surface area contributed by atoms with Crippen LogP contribution in [-0.4, -0.2) is 28.4 Å². The van der Waals surface area contributed by atoms with E-state index in [1.54, 1.807) is 32.0 Å². The highest BCUT2D eigenvalue weighted by atomic mass is 16.3. The number of anilines is 1. The van der Waals surface area contributed by atoms with Gasteiger partial charge in [-0.1, -0.05) is 12.1 Å². The predicted molar refractivity (Wildman–Crippen MR) is 61.4 cm³/mol. The van der Waals surface area contributed by atoms with Gasteiger partial charge in [0.25, 0.3) is 0 Å². The standard InChI is InChI=1S/C11H16N2O3/c1-11(2,7-14)13-10(16)12-8-5-3-4-6-9(8)15/h3-6,14-15H,7H2,1-2H3,(H2,12,13,16). The van der Waals surface area contributed by atoms with Crippen molar-refractivity contribution in [3.8, 4) is 5.75 Å². The van der Waals surface area contributed by atoms with E-state index in [-0.39, 0.29) is 12.4 Å².